The maximum Gasteiger partial charge on any atom is 0.336 e. The number of hydrogen-bond donors (Lipinski definition) is 2. The lowest BCUT2D eigenvalue weighted by molar-refractivity contribution is -0.928. The molecule has 0 radical (unpaired) electrons. The van der Waals surface area contributed by atoms with Crippen molar-refractivity contribution in [2.24, 2.45) is 0 Å². The minimum absolute atomic E-state index is 0.0876. The summed E-state index contributed by atoms with van der Waals surface area (Å²) in [5, 5.41) is 10.7. The maximum atomic E-state index is 11.8. The van der Waals surface area contributed by atoms with Crippen molar-refractivity contribution < 1.29 is 19.2 Å². The molecule has 1 aliphatic heterocycles. The summed E-state index contributed by atoms with van der Waals surface area (Å²) in [5.41, 5.74) is 0.820. The molecule has 6 heteroatoms. The van der Waals surface area contributed by atoms with Crippen LogP contribution in [0.1, 0.15) is 19.4 Å². The summed E-state index contributed by atoms with van der Waals surface area (Å²) in [6, 6.07) is 4.55. The molecule has 0 aliphatic carbocycles. The van der Waals surface area contributed by atoms with Gasteiger partial charge in [-0.15, -0.1) is 0 Å². The van der Waals surface area contributed by atoms with Gasteiger partial charge in [-0.1, -0.05) is 11.6 Å². The van der Waals surface area contributed by atoms with Crippen molar-refractivity contribution in [1.29, 1.82) is 0 Å². The Hall–Kier alpha value is -1.56. The first kappa shape index (κ1) is 15.3. The first-order valence-electron chi connectivity index (χ1n) is 7.36. The zero-order valence-electron chi connectivity index (χ0n) is 12.6. The van der Waals surface area contributed by atoms with Crippen molar-refractivity contribution in [2.45, 2.75) is 32.6 Å². The van der Waals surface area contributed by atoms with Gasteiger partial charge in [-0.05, 0) is 19.9 Å². The third kappa shape index (κ3) is 3.11. The number of phenols is 1. The molecule has 0 saturated carbocycles. The molecular formula is C16H19ClNO4+. The monoisotopic (exact) mass is 324 g/mol. The summed E-state index contributed by atoms with van der Waals surface area (Å²) in [4.78, 5) is 13.1. The van der Waals surface area contributed by atoms with Crippen molar-refractivity contribution in [3.63, 3.8) is 0 Å². The Balaban J connectivity index is 1.99. The molecule has 3 rings (SSSR count). The summed E-state index contributed by atoms with van der Waals surface area (Å²) in [5.74, 6) is -0.0876. The van der Waals surface area contributed by atoms with E-state index in [0.29, 0.717) is 12.1 Å². The third-order valence-corrected chi connectivity index (χ3v) is 4.26. The lowest BCUT2D eigenvalue weighted by atomic mass is 10.1. The minimum atomic E-state index is -0.419. The lowest BCUT2D eigenvalue weighted by Crippen LogP contribution is -3.14. The smallest absolute Gasteiger partial charge is 0.336 e. The molecule has 2 atom stereocenters. The van der Waals surface area contributed by atoms with Gasteiger partial charge in [0.2, 0.25) is 0 Å². The van der Waals surface area contributed by atoms with E-state index in [9.17, 15) is 9.90 Å². The lowest BCUT2D eigenvalue weighted by Gasteiger charge is -2.32. The average molecular weight is 325 g/mol. The molecular weight excluding hydrogens is 306 g/mol. The van der Waals surface area contributed by atoms with Crippen molar-refractivity contribution >= 4 is 22.6 Å². The standard InChI is InChI=1S/C16H18ClNO4/c1-9-6-18(7-10(2)21-9)8-11-3-16(20)22-15-5-14(19)13(17)4-12(11)15/h3-5,9-10,19H,6-8H2,1-2H3/p+1/t9-,10-/m0/s1. The number of fused-ring (bicyclic) bond motifs is 1. The normalized spacial score (nSPS) is 25.5. The predicted octanol–water partition coefficient (Wildman–Crippen LogP) is 1.34. The summed E-state index contributed by atoms with van der Waals surface area (Å²) in [6.45, 7) is 6.58. The molecule has 1 aromatic heterocycles. The van der Waals surface area contributed by atoms with Gasteiger partial charge in [-0.3, -0.25) is 0 Å². The molecule has 1 aliphatic rings. The van der Waals surface area contributed by atoms with Crippen LogP contribution in [0.3, 0.4) is 0 Å². The molecule has 118 valence electrons. The fourth-order valence-electron chi connectivity index (χ4n) is 3.19. The molecule has 2 N–H and O–H groups in total. The molecule has 1 saturated heterocycles. The Bertz CT molecular complexity index is 748. The van der Waals surface area contributed by atoms with Crippen LogP contribution in [0.4, 0.5) is 0 Å². The highest BCUT2D eigenvalue weighted by Gasteiger charge is 2.26. The number of ether oxygens (including phenoxy) is 1. The van der Waals surface area contributed by atoms with Crippen molar-refractivity contribution in [1.82, 2.24) is 0 Å². The summed E-state index contributed by atoms with van der Waals surface area (Å²) in [6.07, 6.45) is 0.385. The number of nitrogens with one attached hydrogen (secondary N) is 1. The van der Waals surface area contributed by atoms with E-state index in [1.807, 2.05) is 0 Å². The Morgan fingerprint density at radius 2 is 1.95 bits per heavy atom. The Morgan fingerprint density at radius 3 is 2.64 bits per heavy atom. The molecule has 2 heterocycles. The highest BCUT2D eigenvalue weighted by atomic mass is 35.5. The molecule has 0 unspecified atom stereocenters. The second-order valence-electron chi connectivity index (χ2n) is 5.98. The number of phenolic OH excluding ortho intramolecular Hbond substituents is 1. The molecule has 0 bridgehead atoms. The zero-order chi connectivity index (χ0) is 15.9. The molecule has 22 heavy (non-hydrogen) atoms. The van der Waals surface area contributed by atoms with Crippen LogP contribution in [-0.2, 0) is 11.3 Å². The highest BCUT2D eigenvalue weighted by Crippen LogP contribution is 2.29. The summed E-state index contributed by atoms with van der Waals surface area (Å²) < 4.78 is 10.9. The van der Waals surface area contributed by atoms with Gasteiger partial charge in [0.15, 0.2) is 0 Å². The molecule has 5 nitrogen and oxygen atoms in total. The SMILES string of the molecule is C[C@H]1C[NH+](Cc2cc(=O)oc3cc(O)c(Cl)cc23)C[C@H](C)O1. The first-order valence-corrected chi connectivity index (χ1v) is 7.74. The quantitative estimate of drug-likeness (QED) is 0.818. The summed E-state index contributed by atoms with van der Waals surface area (Å²) in [7, 11) is 0. The molecule has 1 aromatic carbocycles. The number of rotatable bonds is 2. The van der Waals surface area contributed by atoms with Crippen molar-refractivity contribution in [2.75, 3.05) is 13.1 Å². The van der Waals surface area contributed by atoms with Crippen LogP contribution in [0.15, 0.2) is 27.4 Å². The molecule has 1 fully saturated rings. The number of aromatic hydroxyl groups is 1. The van der Waals surface area contributed by atoms with E-state index in [2.05, 4.69) is 13.8 Å². The van der Waals surface area contributed by atoms with E-state index in [1.165, 1.54) is 17.0 Å². The van der Waals surface area contributed by atoms with Crippen LogP contribution in [0.25, 0.3) is 11.0 Å². The number of halogens is 1. The van der Waals surface area contributed by atoms with Crippen LogP contribution < -0.4 is 10.5 Å². The fourth-order valence-corrected chi connectivity index (χ4v) is 3.35. The van der Waals surface area contributed by atoms with Gasteiger partial charge in [-0.2, -0.15) is 0 Å². The Labute approximate surface area is 133 Å². The van der Waals surface area contributed by atoms with E-state index in [0.717, 1.165) is 24.0 Å². The topological polar surface area (TPSA) is 64.1 Å². The summed E-state index contributed by atoms with van der Waals surface area (Å²) >= 11 is 5.99. The van der Waals surface area contributed by atoms with Gasteiger partial charge in [0.05, 0.1) is 5.02 Å². The number of benzene rings is 1. The third-order valence-electron chi connectivity index (χ3n) is 3.95. The van der Waals surface area contributed by atoms with Crippen LogP contribution in [0, 0.1) is 0 Å². The zero-order valence-corrected chi connectivity index (χ0v) is 13.3. The van der Waals surface area contributed by atoms with Gasteiger partial charge in [0.1, 0.15) is 43.2 Å². The Kier molecular flexibility index (Phi) is 4.12. The van der Waals surface area contributed by atoms with Gasteiger partial charge >= 0.3 is 5.63 Å². The average Bonchev–Trinajstić information content (AvgIpc) is 2.39. The van der Waals surface area contributed by atoms with Gasteiger partial charge in [0, 0.05) is 23.1 Å². The number of morpholine rings is 1. The largest absolute Gasteiger partial charge is 0.506 e. The van der Waals surface area contributed by atoms with Gasteiger partial charge in [-0.25, -0.2) is 4.79 Å². The van der Waals surface area contributed by atoms with Gasteiger partial charge < -0.3 is 19.2 Å². The van der Waals surface area contributed by atoms with E-state index in [4.69, 9.17) is 20.8 Å². The first-order chi connectivity index (χ1) is 10.4. The minimum Gasteiger partial charge on any atom is -0.506 e. The van der Waals surface area contributed by atoms with Gasteiger partial charge in [0.25, 0.3) is 0 Å². The van der Waals surface area contributed by atoms with Crippen molar-refractivity contribution in [3.8, 4) is 5.75 Å². The van der Waals surface area contributed by atoms with E-state index in [1.54, 1.807) is 6.07 Å². The van der Waals surface area contributed by atoms with Crippen LogP contribution in [0.2, 0.25) is 5.02 Å². The molecule has 0 amide bonds. The number of hydrogen-bond acceptors (Lipinski definition) is 4. The van der Waals surface area contributed by atoms with Crippen LogP contribution in [-0.4, -0.2) is 30.4 Å². The molecule has 0 spiro atoms. The second-order valence-corrected chi connectivity index (χ2v) is 6.39. The van der Waals surface area contributed by atoms with Crippen LogP contribution >= 0.6 is 11.6 Å². The maximum absolute atomic E-state index is 11.8. The fraction of sp³-hybridized carbons (Fsp3) is 0.438. The van der Waals surface area contributed by atoms with E-state index in [-0.39, 0.29) is 23.0 Å². The van der Waals surface area contributed by atoms with E-state index < -0.39 is 5.63 Å². The number of quaternary nitrogens is 1. The second kappa shape index (κ2) is 5.91. The van der Waals surface area contributed by atoms with Crippen molar-refractivity contribution in [3.05, 3.63) is 39.2 Å². The molecule has 2 aromatic rings. The Morgan fingerprint density at radius 1 is 1.27 bits per heavy atom. The van der Waals surface area contributed by atoms with E-state index >= 15 is 0 Å². The van der Waals surface area contributed by atoms with Crippen LogP contribution in [0.5, 0.6) is 5.75 Å². The predicted molar refractivity (Wildman–Crippen MR) is 83.6 cm³/mol. The highest BCUT2D eigenvalue weighted by molar-refractivity contribution is 6.32.